The highest BCUT2D eigenvalue weighted by Gasteiger charge is 2.25. The van der Waals surface area contributed by atoms with E-state index in [1.807, 2.05) is 0 Å². The second kappa shape index (κ2) is 7.49. The van der Waals surface area contributed by atoms with Crippen LogP contribution in [0, 0.1) is 11.6 Å². The Labute approximate surface area is 139 Å². The van der Waals surface area contributed by atoms with Crippen LogP contribution in [0.1, 0.15) is 25.0 Å². The number of carbonyl (C=O) groups excluding carboxylic acids is 1. The van der Waals surface area contributed by atoms with Gasteiger partial charge in [-0.3, -0.25) is 0 Å². The van der Waals surface area contributed by atoms with E-state index in [0.29, 0.717) is 36.6 Å². The van der Waals surface area contributed by atoms with Gasteiger partial charge in [0, 0.05) is 30.2 Å². The molecule has 7 heteroatoms. The van der Waals surface area contributed by atoms with Crippen LogP contribution in [0.15, 0.2) is 12.1 Å². The van der Waals surface area contributed by atoms with Gasteiger partial charge in [-0.25, -0.2) is 13.6 Å². The van der Waals surface area contributed by atoms with Crippen molar-refractivity contribution in [2.75, 3.05) is 24.6 Å². The Morgan fingerprint density at radius 2 is 2.00 bits per heavy atom. The maximum absolute atomic E-state index is 13.8. The van der Waals surface area contributed by atoms with Crippen molar-refractivity contribution >= 4 is 17.8 Å². The monoisotopic (exact) mass is 344 g/mol. The van der Waals surface area contributed by atoms with Gasteiger partial charge >= 0.3 is 6.03 Å². The molecule has 0 unspecified atom stereocenters. The molecule has 0 bridgehead atoms. The summed E-state index contributed by atoms with van der Waals surface area (Å²) in [6, 6.07) is 1.95. The van der Waals surface area contributed by atoms with Crippen LogP contribution < -0.4 is 5.32 Å². The topological polar surface area (TPSA) is 52.6 Å². The molecule has 0 fully saturated rings. The van der Waals surface area contributed by atoms with E-state index in [1.165, 1.54) is 4.90 Å². The summed E-state index contributed by atoms with van der Waals surface area (Å²) >= 11 is 1.55. The third kappa shape index (κ3) is 5.07. The summed E-state index contributed by atoms with van der Waals surface area (Å²) in [7, 11) is 0. The Balaban J connectivity index is 1.82. The fourth-order valence-corrected chi connectivity index (χ4v) is 3.32. The third-order valence-corrected chi connectivity index (χ3v) is 4.97. The van der Waals surface area contributed by atoms with Crippen molar-refractivity contribution in [3.05, 3.63) is 34.9 Å². The lowest BCUT2D eigenvalue weighted by Gasteiger charge is -2.29. The average molecular weight is 344 g/mol. The summed E-state index contributed by atoms with van der Waals surface area (Å²) < 4.78 is 27.5. The number of halogens is 2. The molecule has 4 nitrogen and oxygen atoms in total. The molecule has 0 aromatic heterocycles. The fourth-order valence-electron chi connectivity index (χ4n) is 2.43. The molecule has 128 valence electrons. The second-order valence-electron chi connectivity index (χ2n) is 6.25. The van der Waals surface area contributed by atoms with E-state index in [4.69, 9.17) is 0 Å². The smallest absolute Gasteiger partial charge is 0.317 e. The quantitative estimate of drug-likeness (QED) is 0.807. The van der Waals surface area contributed by atoms with Crippen LogP contribution in [-0.2, 0) is 13.0 Å². The van der Waals surface area contributed by atoms with E-state index in [9.17, 15) is 18.7 Å². The molecule has 2 N–H and O–H groups in total. The SMILES string of the molecule is CC(C)(O)CSCCNC(=O)N1CCc2c(F)ccc(F)c2C1. The van der Waals surface area contributed by atoms with Crippen molar-refractivity contribution in [1.29, 1.82) is 0 Å². The fraction of sp³-hybridized carbons (Fsp3) is 0.562. The van der Waals surface area contributed by atoms with Gasteiger partial charge in [-0.2, -0.15) is 11.8 Å². The van der Waals surface area contributed by atoms with Gasteiger partial charge in [0.2, 0.25) is 0 Å². The second-order valence-corrected chi connectivity index (χ2v) is 7.36. The molecule has 2 rings (SSSR count). The molecule has 0 radical (unpaired) electrons. The van der Waals surface area contributed by atoms with Crippen molar-refractivity contribution in [1.82, 2.24) is 10.2 Å². The molecule has 1 heterocycles. The van der Waals surface area contributed by atoms with Gasteiger partial charge in [-0.05, 0) is 38.0 Å². The van der Waals surface area contributed by atoms with Gasteiger partial charge in [-0.15, -0.1) is 0 Å². The number of rotatable bonds is 5. The Bertz CT molecular complexity index is 576. The van der Waals surface area contributed by atoms with Gasteiger partial charge in [0.05, 0.1) is 12.1 Å². The molecule has 0 atom stereocenters. The lowest BCUT2D eigenvalue weighted by atomic mass is 9.99. The summed E-state index contributed by atoms with van der Waals surface area (Å²) in [6.07, 6.45) is 0.319. The first-order valence-corrected chi connectivity index (χ1v) is 8.72. The minimum absolute atomic E-state index is 0.0849. The van der Waals surface area contributed by atoms with Gasteiger partial charge in [-0.1, -0.05) is 0 Å². The van der Waals surface area contributed by atoms with Crippen LogP contribution in [0.4, 0.5) is 13.6 Å². The molecule has 2 amide bonds. The number of hydrogen-bond acceptors (Lipinski definition) is 3. The highest BCUT2D eigenvalue weighted by Crippen LogP contribution is 2.24. The maximum atomic E-state index is 13.8. The van der Waals surface area contributed by atoms with Gasteiger partial charge in [0.1, 0.15) is 11.6 Å². The number of nitrogens with zero attached hydrogens (tertiary/aromatic N) is 1. The summed E-state index contributed by atoms with van der Waals surface area (Å²) in [5.74, 6) is 0.386. The molecule has 0 spiro atoms. The van der Waals surface area contributed by atoms with E-state index >= 15 is 0 Å². The van der Waals surface area contributed by atoms with Crippen LogP contribution in [0.25, 0.3) is 0 Å². The van der Waals surface area contributed by atoms with E-state index in [2.05, 4.69) is 5.32 Å². The van der Waals surface area contributed by atoms with Gasteiger partial charge in [0.15, 0.2) is 0 Å². The van der Waals surface area contributed by atoms with E-state index < -0.39 is 17.2 Å². The lowest BCUT2D eigenvalue weighted by molar-refractivity contribution is 0.107. The number of fused-ring (bicyclic) bond motifs is 1. The van der Waals surface area contributed by atoms with Crippen molar-refractivity contribution in [2.24, 2.45) is 0 Å². The lowest BCUT2D eigenvalue weighted by Crippen LogP contribution is -2.44. The minimum Gasteiger partial charge on any atom is -0.390 e. The van der Waals surface area contributed by atoms with Gasteiger partial charge in [0.25, 0.3) is 0 Å². The maximum Gasteiger partial charge on any atom is 0.317 e. The van der Waals surface area contributed by atoms with Crippen LogP contribution in [0.5, 0.6) is 0 Å². The van der Waals surface area contributed by atoms with Crippen molar-refractivity contribution in [3.8, 4) is 0 Å². The number of hydrogen-bond donors (Lipinski definition) is 2. The molecular weight excluding hydrogens is 322 g/mol. The molecular formula is C16H22F2N2O2S. The number of nitrogens with one attached hydrogen (secondary N) is 1. The Hall–Kier alpha value is -1.34. The summed E-state index contributed by atoms with van der Waals surface area (Å²) in [6.45, 7) is 4.39. The van der Waals surface area contributed by atoms with Crippen LogP contribution in [-0.4, -0.2) is 46.2 Å². The number of amides is 2. The molecule has 0 saturated carbocycles. The molecule has 1 aromatic rings. The summed E-state index contributed by atoms with van der Waals surface area (Å²) in [5, 5.41) is 12.4. The van der Waals surface area contributed by atoms with Crippen molar-refractivity contribution < 1.29 is 18.7 Å². The summed E-state index contributed by atoms with van der Waals surface area (Å²) in [5.41, 5.74) is -0.0927. The zero-order chi connectivity index (χ0) is 17.0. The Morgan fingerprint density at radius 1 is 1.35 bits per heavy atom. The first-order chi connectivity index (χ1) is 10.8. The van der Waals surface area contributed by atoms with Gasteiger partial charge < -0.3 is 15.3 Å². The first kappa shape index (κ1) is 18.0. The van der Waals surface area contributed by atoms with E-state index in [-0.39, 0.29) is 18.1 Å². The average Bonchev–Trinajstić information content (AvgIpc) is 2.49. The van der Waals surface area contributed by atoms with Crippen LogP contribution in [0.2, 0.25) is 0 Å². The summed E-state index contributed by atoms with van der Waals surface area (Å²) in [4.78, 5) is 13.6. The molecule has 0 aliphatic carbocycles. The number of carbonyl (C=O) groups is 1. The standard InChI is InChI=1S/C16H22F2N2O2S/c1-16(2,22)10-23-8-6-19-15(21)20-7-5-11-12(9-20)14(18)4-3-13(11)17/h3-4,22H,5-10H2,1-2H3,(H,19,21). The van der Waals surface area contributed by atoms with E-state index in [0.717, 1.165) is 12.1 Å². The number of aliphatic hydroxyl groups is 1. The predicted molar refractivity (Wildman–Crippen MR) is 87.5 cm³/mol. The molecule has 0 saturated heterocycles. The number of urea groups is 1. The molecule has 23 heavy (non-hydrogen) atoms. The first-order valence-electron chi connectivity index (χ1n) is 7.56. The molecule has 1 aliphatic rings. The van der Waals surface area contributed by atoms with Crippen molar-refractivity contribution in [3.63, 3.8) is 0 Å². The normalized spacial score (nSPS) is 14.6. The Kier molecular flexibility index (Phi) is 5.86. The highest BCUT2D eigenvalue weighted by molar-refractivity contribution is 7.99. The largest absolute Gasteiger partial charge is 0.390 e. The minimum atomic E-state index is -0.729. The molecule has 1 aromatic carbocycles. The number of thioether (sulfide) groups is 1. The zero-order valence-corrected chi connectivity index (χ0v) is 14.2. The highest BCUT2D eigenvalue weighted by atomic mass is 32.2. The zero-order valence-electron chi connectivity index (χ0n) is 13.4. The number of benzene rings is 1. The predicted octanol–water partition coefficient (Wildman–Crippen LogP) is 2.54. The van der Waals surface area contributed by atoms with Crippen molar-refractivity contribution in [2.45, 2.75) is 32.4 Å². The molecule has 1 aliphatic heterocycles. The van der Waals surface area contributed by atoms with Crippen LogP contribution >= 0.6 is 11.8 Å². The van der Waals surface area contributed by atoms with E-state index in [1.54, 1.807) is 25.6 Å². The third-order valence-electron chi connectivity index (χ3n) is 3.56. The van der Waals surface area contributed by atoms with Crippen LogP contribution in [0.3, 0.4) is 0 Å². The Morgan fingerprint density at radius 3 is 2.65 bits per heavy atom.